The topological polar surface area (TPSA) is 60.2 Å². The van der Waals surface area contributed by atoms with Gasteiger partial charge in [0.25, 0.3) is 0 Å². The van der Waals surface area contributed by atoms with Gasteiger partial charge in [0.1, 0.15) is 5.82 Å². The monoisotopic (exact) mass is 300 g/mol. The number of rotatable bonds is 4. The fraction of sp³-hybridized carbons (Fsp3) is 0.438. The second kappa shape index (κ2) is 6.70. The largest absolute Gasteiger partial charge is 0.462 e. The Labute approximate surface area is 129 Å². The Hall–Kier alpha value is -2.21. The number of carbonyl (C=O) groups is 1. The van der Waals surface area contributed by atoms with E-state index in [0.29, 0.717) is 18.7 Å². The molecule has 0 fully saturated rings. The van der Waals surface area contributed by atoms with Crippen LogP contribution in [0.4, 0.5) is 0 Å². The number of nitrogens with zero attached hydrogens (tertiary/aromatic N) is 4. The lowest BCUT2D eigenvalue weighted by Crippen LogP contribution is -2.24. The summed E-state index contributed by atoms with van der Waals surface area (Å²) in [7, 11) is 0. The van der Waals surface area contributed by atoms with Gasteiger partial charge in [0.2, 0.25) is 0 Å². The Kier molecular flexibility index (Phi) is 4.48. The molecule has 0 spiro atoms. The predicted octanol–water partition coefficient (Wildman–Crippen LogP) is 1.86. The third kappa shape index (κ3) is 3.33. The molecule has 1 aliphatic rings. The molecule has 0 atom stereocenters. The van der Waals surface area contributed by atoms with Crippen LogP contribution in [0.3, 0.4) is 0 Å². The maximum Gasteiger partial charge on any atom is 0.338 e. The van der Waals surface area contributed by atoms with Gasteiger partial charge in [0.05, 0.1) is 24.4 Å². The van der Waals surface area contributed by atoms with Gasteiger partial charge in [0.15, 0.2) is 0 Å². The van der Waals surface area contributed by atoms with Crippen molar-refractivity contribution >= 4 is 5.97 Å². The van der Waals surface area contributed by atoms with E-state index in [-0.39, 0.29) is 5.97 Å². The summed E-state index contributed by atoms with van der Waals surface area (Å²) in [5.41, 5.74) is 1.44. The maximum atomic E-state index is 11.8. The standard InChI is InChI=1S/C16H20N4O2/c1-2-22-16(21)13-4-5-17-14(10-13)11-19-7-3-8-20-9-6-18-15(20)12-19/h4-6,9-10H,2-3,7-8,11-12H2,1H3. The highest BCUT2D eigenvalue weighted by molar-refractivity contribution is 5.89. The Balaban J connectivity index is 1.70. The summed E-state index contributed by atoms with van der Waals surface area (Å²) in [6.45, 7) is 5.69. The van der Waals surface area contributed by atoms with Crippen molar-refractivity contribution in [3.63, 3.8) is 0 Å². The van der Waals surface area contributed by atoms with Gasteiger partial charge in [-0.05, 0) is 25.5 Å². The summed E-state index contributed by atoms with van der Waals surface area (Å²) in [5, 5.41) is 0. The van der Waals surface area contributed by atoms with E-state index in [4.69, 9.17) is 4.74 Å². The third-order valence-corrected chi connectivity index (χ3v) is 3.75. The molecule has 6 nitrogen and oxygen atoms in total. The minimum Gasteiger partial charge on any atom is -0.462 e. The first-order valence-corrected chi connectivity index (χ1v) is 7.60. The van der Waals surface area contributed by atoms with Crippen LogP contribution < -0.4 is 0 Å². The van der Waals surface area contributed by atoms with E-state index in [1.165, 1.54) is 0 Å². The molecular formula is C16H20N4O2. The van der Waals surface area contributed by atoms with E-state index in [1.807, 2.05) is 18.5 Å². The molecule has 0 bridgehead atoms. The number of hydrogen-bond acceptors (Lipinski definition) is 5. The van der Waals surface area contributed by atoms with Gasteiger partial charge in [-0.2, -0.15) is 0 Å². The first-order valence-electron chi connectivity index (χ1n) is 7.60. The van der Waals surface area contributed by atoms with Crippen molar-refractivity contribution in [2.75, 3.05) is 13.2 Å². The first-order chi connectivity index (χ1) is 10.8. The van der Waals surface area contributed by atoms with E-state index < -0.39 is 0 Å². The Morgan fingerprint density at radius 3 is 3.09 bits per heavy atom. The highest BCUT2D eigenvalue weighted by Crippen LogP contribution is 2.14. The number of pyridine rings is 1. The highest BCUT2D eigenvalue weighted by atomic mass is 16.5. The van der Waals surface area contributed by atoms with Crippen molar-refractivity contribution in [3.05, 3.63) is 47.8 Å². The summed E-state index contributed by atoms with van der Waals surface area (Å²) in [6.07, 6.45) is 6.62. The molecule has 2 aromatic heterocycles. The molecule has 3 heterocycles. The molecule has 116 valence electrons. The lowest BCUT2D eigenvalue weighted by atomic mass is 10.2. The second-order valence-corrected chi connectivity index (χ2v) is 5.36. The minimum absolute atomic E-state index is 0.294. The normalized spacial score (nSPS) is 15.1. The van der Waals surface area contributed by atoms with Crippen molar-refractivity contribution in [2.45, 2.75) is 33.0 Å². The van der Waals surface area contributed by atoms with Gasteiger partial charge in [0, 0.05) is 38.2 Å². The molecule has 0 aliphatic carbocycles. The smallest absolute Gasteiger partial charge is 0.338 e. The second-order valence-electron chi connectivity index (χ2n) is 5.36. The molecule has 0 unspecified atom stereocenters. The zero-order valence-electron chi connectivity index (χ0n) is 12.7. The molecule has 0 aromatic carbocycles. The molecule has 1 aliphatic heterocycles. The van der Waals surface area contributed by atoms with Gasteiger partial charge in [-0.1, -0.05) is 0 Å². The van der Waals surface area contributed by atoms with Crippen LogP contribution >= 0.6 is 0 Å². The van der Waals surface area contributed by atoms with Crippen molar-refractivity contribution in [1.29, 1.82) is 0 Å². The molecule has 6 heteroatoms. The van der Waals surface area contributed by atoms with Crippen LogP contribution in [0.5, 0.6) is 0 Å². The van der Waals surface area contributed by atoms with Crippen molar-refractivity contribution in [2.24, 2.45) is 0 Å². The number of fused-ring (bicyclic) bond motifs is 1. The summed E-state index contributed by atoms with van der Waals surface area (Å²) in [6, 6.07) is 3.51. The molecule has 0 amide bonds. The van der Waals surface area contributed by atoms with Gasteiger partial charge < -0.3 is 9.30 Å². The zero-order valence-corrected chi connectivity index (χ0v) is 12.7. The van der Waals surface area contributed by atoms with Crippen LogP contribution in [0, 0.1) is 0 Å². The van der Waals surface area contributed by atoms with Crippen LogP contribution in [0.25, 0.3) is 0 Å². The fourth-order valence-corrected chi connectivity index (χ4v) is 2.71. The van der Waals surface area contributed by atoms with E-state index in [1.54, 1.807) is 19.2 Å². The molecule has 0 radical (unpaired) electrons. The predicted molar refractivity (Wildman–Crippen MR) is 81.2 cm³/mol. The molecule has 0 saturated carbocycles. The van der Waals surface area contributed by atoms with Crippen LogP contribution in [-0.4, -0.2) is 38.6 Å². The molecular weight excluding hydrogens is 280 g/mol. The Morgan fingerprint density at radius 2 is 2.23 bits per heavy atom. The van der Waals surface area contributed by atoms with Gasteiger partial charge >= 0.3 is 5.97 Å². The van der Waals surface area contributed by atoms with E-state index >= 15 is 0 Å². The van der Waals surface area contributed by atoms with E-state index in [9.17, 15) is 4.79 Å². The fourth-order valence-electron chi connectivity index (χ4n) is 2.71. The lowest BCUT2D eigenvalue weighted by Gasteiger charge is -2.18. The lowest BCUT2D eigenvalue weighted by molar-refractivity contribution is 0.0526. The van der Waals surface area contributed by atoms with Crippen molar-refractivity contribution in [1.82, 2.24) is 19.4 Å². The Bertz CT molecular complexity index is 653. The van der Waals surface area contributed by atoms with Crippen LogP contribution in [0.1, 0.15) is 35.2 Å². The SMILES string of the molecule is CCOC(=O)c1ccnc(CN2CCCn3ccnc3C2)c1. The average Bonchev–Trinajstić information content (AvgIpc) is 2.86. The molecule has 0 N–H and O–H groups in total. The number of aryl methyl sites for hydroxylation is 1. The molecule has 2 aromatic rings. The number of imidazole rings is 1. The summed E-state index contributed by atoms with van der Waals surface area (Å²) in [5.74, 6) is 0.789. The van der Waals surface area contributed by atoms with Crippen LogP contribution in [-0.2, 0) is 24.4 Å². The maximum absolute atomic E-state index is 11.8. The molecule has 3 rings (SSSR count). The van der Waals surface area contributed by atoms with Gasteiger partial charge in [-0.3, -0.25) is 9.88 Å². The molecule has 22 heavy (non-hydrogen) atoms. The number of esters is 1. The Morgan fingerprint density at radius 1 is 1.32 bits per heavy atom. The first kappa shape index (κ1) is 14.7. The quantitative estimate of drug-likeness (QED) is 0.807. The number of aromatic nitrogens is 3. The highest BCUT2D eigenvalue weighted by Gasteiger charge is 2.16. The van der Waals surface area contributed by atoms with Gasteiger partial charge in [-0.15, -0.1) is 0 Å². The minimum atomic E-state index is -0.294. The molecule has 0 saturated heterocycles. The van der Waals surface area contributed by atoms with Gasteiger partial charge in [-0.25, -0.2) is 9.78 Å². The average molecular weight is 300 g/mol. The summed E-state index contributed by atoms with van der Waals surface area (Å²) < 4.78 is 7.23. The zero-order chi connectivity index (χ0) is 15.4. The summed E-state index contributed by atoms with van der Waals surface area (Å²) in [4.78, 5) is 22.9. The number of carbonyl (C=O) groups excluding carboxylic acids is 1. The van der Waals surface area contributed by atoms with Crippen LogP contribution in [0.15, 0.2) is 30.7 Å². The van der Waals surface area contributed by atoms with Crippen molar-refractivity contribution in [3.8, 4) is 0 Å². The third-order valence-electron chi connectivity index (χ3n) is 3.75. The van der Waals surface area contributed by atoms with Crippen molar-refractivity contribution < 1.29 is 9.53 Å². The van der Waals surface area contributed by atoms with Crippen LogP contribution in [0.2, 0.25) is 0 Å². The number of hydrogen-bond donors (Lipinski definition) is 0. The van der Waals surface area contributed by atoms with E-state index in [2.05, 4.69) is 19.4 Å². The summed E-state index contributed by atoms with van der Waals surface area (Å²) >= 11 is 0. The van der Waals surface area contributed by atoms with E-state index in [0.717, 1.165) is 37.6 Å². The number of ether oxygens (including phenoxy) is 1.